The molecule has 0 bridgehead atoms. The number of rotatable bonds is 4. The third-order valence-electron chi connectivity index (χ3n) is 3.47. The summed E-state index contributed by atoms with van der Waals surface area (Å²) >= 11 is 0. The Morgan fingerprint density at radius 2 is 1.62 bits per heavy atom. The summed E-state index contributed by atoms with van der Waals surface area (Å²) < 4.78 is 0. The van der Waals surface area contributed by atoms with Crippen molar-refractivity contribution in [3.8, 4) is 0 Å². The van der Waals surface area contributed by atoms with Crippen LogP contribution in [-0.4, -0.2) is 8.07 Å². The molecule has 0 fully saturated rings. The summed E-state index contributed by atoms with van der Waals surface area (Å²) in [5, 5.41) is 1.56. The van der Waals surface area contributed by atoms with E-state index in [9.17, 15) is 0 Å². The molecule has 0 heterocycles. The van der Waals surface area contributed by atoms with Crippen molar-refractivity contribution in [3.05, 3.63) is 42.5 Å². The molecule has 0 saturated carbocycles. The van der Waals surface area contributed by atoms with Gasteiger partial charge in [0.15, 0.2) is 0 Å². The van der Waals surface area contributed by atoms with Gasteiger partial charge >= 0.3 is 0 Å². The van der Waals surface area contributed by atoms with E-state index in [1.165, 1.54) is 0 Å². The van der Waals surface area contributed by atoms with Crippen LogP contribution in [0.3, 0.4) is 0 Å². The van der Waals surface area contributed by atoms with E-state index in [4.69, 9.17) is 0 Å². The summed E-state index contributed by atoms with van der Waals surface area (Å²) in [5.41, 5.74) is 0.722. The van der Waals surface area contributed by atoms with Crippen LogP contribution in [0.25, 0.3) is 0 Å². The number of allylic oxidation sites excluding steroid dienone is 2. The highest BCUT2D eigenvalue weighted by Gasteiger charge is 2.33. The second-order valence-electron chi connectivity index (χ2n) is 5.38. The lowest BCUT2D eigenvalue weighted by molar-refractivity contribution is 0.646. The number of benzene rings is 1. The van der Waals surface area contributed by atoms with Gasteiger partial charge in [-0.25, -0.2) is 0 Å². The maximum absolute atomic E-state index is 2.48. The van der Waals surface area contributed by atoms with E-state index in [-0.39, 0.29) is 0 Å². The Morgan fingerprint density at radius 1 is 1.06 bits per heavy atom. The molecule has 1 rings (SSSR count). The van der Waals surface area contributed by atoms with E-state index >= 15 is 0 Å². The van der Waals surface area contributed by atoms with Gasteiger partial charge in [-0.3, -0.25) is 0 Å². The van der Waals surface area contributed by atoms with Gasteiger partial charge in [-0.2, -0.15) is 0 Å². The lowest BCUT2D eigenvalue weighted by Gasteiger charge is -2.34. The molecule has 16 heavy (non-hydrogen) atoms. The van der Waals surface area contributed by atoms with E-state index in [1.54, 1.807) is 5.19 Å². The molecule has 0 spiro atoms. The molecule has 1 heteroatoms. The van der Waals surface area contributed by atoms with Crippen LogP contribution in [0.4, 0.5) is 0 Å². The standard InChI is InChI=1S/C15H24Si/c1-6-10-15(13(2)3)16(4,5)14-11-8-7-9-12-14/h6-13,15H,1-5H3. The molecule has 1 unspecified atom stereocenters. The molecule has 0 aromatic heterocycles. The summed E-state index contributed by atoms with van der Waals surface area (Å²) in [6, 6.07) is 11.0. The minimum atomic E-state index is -1.38. The van der Waals surface area contributed by atoms with Crippen LogP contribution in [0, 0.1) is 5.92 Å². The first kappa shape index (κ1) is 13.2. The van der Waals surface area contributed by atoms with Gasteiger partial charge in [0.05, 0.1) is 8.07 Å². The smallest absolute Gasteiger partial charge is 0.0876 e. The van der Waals surface area contributed by atoms with Crippen molar-refractivity contribution < 1.29 is 0 Å². The fourth-order valence-electron chi connectivity index (χ4n) is 2.56. The molecule has 88 valence electrons. The summed E-state index contributed by atoms with van der Waals surface area (Å²) in [6.45, 7) is 11.8. The van der Waals surface area contributed by atoms with E-state index in [0.29, 0.717) is 0 Å². The van der Waals surface area contributed by atoms with Crippen molar-refractivity contribution in [1.29, 1.82) is 0 Å². The summed E-state index contributed by atoms with van der Waals surface area (Å²) in [7, 11) is -1.38. The van der Waals surface area contributed by atoms with E-state index in [0.717, 1.165) is 11.5 Å². The minimum absolute atomic E-state index is 0.720. The predicted octanol–water partition coefficient (Wildman–Crippen LogP) is 4.20. The van der Waals surface area contributed by atoms with Crippen molar-refractivity contribution >= 4 is 13.3 Å². The highest BCUT2D eigenvalue weighted by atomic mass is 28.3. The molecule has 0 radical (unpaired) electrons. The summed E-state index contributed by atoms with van der Waals surface area (Å²) in [6.07, 6.45) is 4.62. The van der Waals surface area contributed by atoms with Gasteiger partial charge in [0, 0.05) is 0 Å². The summed E-state index contributed by atoms with van der Waals surface area (Å²) in [5.74, 6) is 0.720. The number of hydrogen-bond acceptors (Lipinski definition) is 0. The summed E-state index contributed by atoms with van der Waals surface area (Å²) in [4.78, 5) is 0. The molecule has 0 saturated heterocycles. The average molecular weight is 232 g/mol. The van der Waals surface area contributed by atoms with Crippen LogP contribution < -0.4 is 5.19 Å². The minimum Gasteiger partial charge on any atom is -0.0917 e. The molecule has 1 aromatic rings. The van der Waals surface area contributed by atoms with Crippen LogP contribution in [0.2, 0.25) is 18.6 Å². The van der Waals surface area contributed by atoms with E-state index < -0.39 is 8.07 Å². The molecule has 0 aliphatic heterocycles. The molecular formula is C15H24Si. The molecule has 1 atom stereocenters. The van der Waals surface area contributed by atoms with Crippen LogP contribution in [-0.2, 0) is 0 Å². The largest absolute Gasteiger partial charge is 0.0917 e. The van der Waals surface area contributed by atoms with Gasteiger partial charge < -0.3 is 0 Å². The maximum Gasteiger partial charge on any atom is 0.0876 e. The Morgan fingerprint density at radius 3 is 2.06 bits per heavy atom. The van der Waals surface area contributed by atoms with Crippen LogP contribution in [0.15, 0.2) is 42.5 Å². The third kappa shape index (κ3) is 2.85. The van der Waals surface area contributed by atoms with Crippen molar-refractivity contribution in [1.82, 2.24) is 0 Å². The monoisotopic (exact) mass is 232 g/mol. The zero-order chi connectivity index (χ0) is 12.2. The van der Waals surface area contributed by atoms with Gasteiger partial charge in [0.25, 0.3) is 0 Å². The maximum atomic E-state index is 2.48. The zero-order valence-corrected chi connectivity index (χ0v) is 12.2. The van der Waals surface area contributed by atoms with Crippen LogP contribution in [0.1, 0.15) is 20.8 Å². The topological polar surface area (TPSA) is 0 Å². The highest BCUT2D eigenvalue weighted by molar-refractivity contribution is 6.91. The van der Waals surface area contributed by atoms with Crippen molar-refractivity contribution in [3.63, 3.8) is 0 Å². The fraction of sp³-hybridized carbons (Fsp3) is 0.467. The predicted molar refractivity (Wildman–Crippen MR) is 77.0 cm³/mol. The Hall–Kier alpha value is -0.823. The SMILES string of the molecule is CC=CC(C(C)C)[Si](C)(C)c1ccccc1. The first-order valence-electron chi connectivity index (χ1n) is 6.18. The molecule has 0 N–H and O–H groups in total. The Bertz CT molecular complexity index is 336. The zero-order valence-electron chi connectivity index (χ0n) is 11.2. The molecule has 0 nitrogen and oxygen atoms in total. The van der Waals surface area contributed by atoms with Gasteiger partial charge in [0.1, 0.15) is 0 Å². The second-order valence-corrected chi connectivity index (χ2v) is 10.1. The van der Waals surface area contributed by atoms with E-state index in [2.05, 4.69) is 76.3 Å². The van der Waals surface area contributed by atoms with Crippen molar-refractivity contribution in [2.45, 2.75) is 39.4 Å². The Balaban J connectivity index is 3.07. The van der Waals surface area contributed by atoms with Crippen molar-refractivity contribution in [2.24, 2.45) is 5.92 Å². The molecular weight excluding hydrogens is 208 g/mol. The second kappa shape index (κ2) is 5.49. The van der Waals surface area contributed by atoms with Crippen molar-refractivity contribution in [2.75, 3.05) is 0 Å². The quantitative estimate of drug-likeness (QED) is 0.539. The first-order valence-corrected chi connectivity index (χ1v) is 9.26. The molecule has 0 aliphatic carbocycles. The average Bonchev–Trinajstić information content (AvgIpc) is 2.26. The van der Waals surface area contributed by atoms with Crippen LogP contribution >= 0.6 is 0 Å². The molecule has 0 amide bonds. The van der Waals surface area contributed by atoms with E-state index in [1.807, 2.05) is 0 Å². The lowest BCUT2D eigenvalue weighted by atomic mass is 10.1. The molecule has 0 aliphatic rings. The fourth-order valence-corrected chi connectivity index (χ4v) is 6.34. The Kier molecular flexibility index (Phi) is 4.54. The van der Waals surface area contributed by atoms with Gasteiger partial charge in [-0.05, 0) is 18.4 Å². The number of hydrogen-bond donors (Lipinski definition) is 0. The van der Waals surface area contributed by atoms with Crippen LogP contribution in [0.5, 0.6) is 0 Å². The van der Waals surface area contributed by atoms with Gasteiger partial charge in [-0.15, -0.1) is 0 Å². The third-order valence-corrected chi connectivity index (χ3v) is 7.82. The normalized spacial score (nSPS) is 14.6. The van der Waals surface area contributed by atoms with Gasteiger partial charge in [-0.1, -0.05) is 74.6 Å². The Labute approximate surface area is 101 Å². The first-order chi connectivity index (χ1) is 7.50. The lowest BCUT2D eigenvalue weighted by Crippen LogP contribution is -2.47. The van der Waals surface area contributed by atoms with Gasteiger partial charge in [0.2, 0.25) is 0 Å². The molecule has 1 aromatic carbocycles. The highest BCUT2D eigenvalue weighted by Crippen LogP contribution is 2.31.